The first-order valence-electron chi connectivity index (χ1n) is 6.13. The van der Waals surface area contributed by atoms with Crippen molar-refractivity contribution in [3.05, 3.63) is 17.5 Å². The van der Waals surface area contributed by atoms with Crippen molar-refractivity contribution in [2.75, 3.05) is 13.1 Å². The number of hydrogen-bond donors (Lipinski definition) is 1. The minimum Gasteiger partial charge on any atom is -0.326 e. The summed E-state index contributed by atoms with van der Waals surface area (Å²) in [5, 5.41) is 4.28. The average Bonchev–Trinajstić information content (AvgIpc) is 2.63. The second-order valence-corrected chi connectivity index (χ2v) is 4.90. The van der Waals surface area contributed by atoms with E-state index in [4.69, 9.17) is 5.73 Å². The molecule has 1 fully saturated rings. The molecule has 1 saturated heterocycles. The van der Waals surface area contributed by atoms with Crippen molar-refractivity contribution >= 4 is 0 Å². The third kappa shape index (κ3) is 2.44. The van der Waals surface area contributed by atoms with E-state index in [1.54, 1.807) is 0 Å². The summed E-state index contributed by atoms with van der Waals surface area (Å²) in [4.78, 5) is 2.51. The molecule has 1 aliphatic rings. The van der Waals surface area contributed by atoms with Crippen molar-refractivity contribution in [3.63, 3.8) is 0 Å². The fourth-order valence-corrected chi connectivity index (χ4v) is 2.31. The highest BCUT2D eigenvalue weighted by molar-refractivity contribution is 5.17. The van der Waals surface area contributed by atoms with Crippen LogP contribution in [-0.4, -0.2) is 27.8 Å². The second kappa shape index (κ2) is 4.97. The van der Waals surface area contributed by atoms with E-state index in [0.29, 0.717) is 6.54 Å². The Morgan fingerprint density at radius 1 is 1.44 bits per heavy atom. The molecule has 0 amide bonds. The molecule has 2 N–H and O–H groups in total. The monoisotopic (exact) mass is 222 g/mol. The van der Waals surface area contributed by atoms with Gasteiger partial charge in [-0.1, -0.05) is 6.92 Å². The minimum absolute atomic E-state index is 0.591. The lowest BCUT2D eigenvalue weighted by Gasteiger charge is -2.30. The second-order valence-electron chi connectivity index (χ2n) is 4.90. The van der Waals surface area contributed by atoms with Crippen LogP contribution in [0.5, 0.6) is 0 Å². The minimum atomic E-state index is 0.591. The largest absolute Gasteiger partial charge is 0.326 e. The average molecular weight is 222 g/mol. The van der Waals surface area contributed by atoms with Gasteiger partial charge < -0.3 is 5.73 Å². The summed E-state index contributed by atoms with van der Waals surface area (Å²) in [5.74, 6) is 0.886. The van der Waals surface area contributed by atoms with Gasteiger partial charge in [0.1, 0.15) is 0 Å². The molecular formula is C12H22N4. The van der Waals surface area contributed by atoms with Crippen LogP contribution in [-0.2, 0) is 20.1 Å². The molecule has 0 spiro atoms. The number of aryl methyl sites for hydroxylation is 1. The number of likely N-dealkylation sites (tertiary alicyclic amines) is 1. The maximum atomic E-state index is 5.72. The van der Waals surface area contributed by atoms with Crippen molar-refractivity contribution in [1.82, 2.24) is 14.7 Å². The van der Waals surface area contributed by atoms with Gasteiger partial charge in [-0.3, -0.25) is 9.58 Å². The van der Waals surface area contributed by atoms with Crippen LogP contribution in [0, 0.1) is 5.92 Å². The zero-order valence-corrected chi connectivity index (χ0v) is 10.3. The maximum Gasteiger partial charge on any atom is 0.0565 e. The molecule has 2 rings (SSSR count). The van der Waals surface area contributed by atoms with Crippen molar-refractivity contribution in [3.8, 4) is 0 Å². The van der Waals surface area contributed by atoms with Gasteiger partial charge in [0.05, 0.1) is 11.9 Å². The Bertz CT molecular complexity index is 337. The predicted molar refractivity (Wildman–Crippen MR) is 64.8 cm³/mol. The standard InChI is InChI=1S/C12H22N4/c1-10-3-5-16(6-4-10)9-12-11(7-13)8-14-15(12)2/h8,10H,3-7,9,13H2,1-2H3. The van der Waals surface area contributed by atoms with Crippen LogP contribution in [0.15, 0.2) is 6.20 Å². The molecule has 0 unspecified atom stereocenters. The molecule has 0 saturated carbocycles. The number of hydrogen-bond acceptors (Lipinski definition) is 3. The highest BCUT2D eigenvalue weighted by Crippen LogP contribution is 2.19. The summed E-state index contributed by atoms with van der Waals surface area (Å²) in [5.41, 5.74) is 8.18. The van der Waals surface area contributed by atoms with Crippen molar-refractivity contribution in [1.29, 1.82) is 0 Å². The molecule has 16 heavy (non-hydrogen) atoms. The lowest BCUT2D eigenvalue weighted by molar-refractivity contribution is 0.181. The molecule has 2 heterocycles. The third-order valence-corrected chi connectivity index (χ3v) is 3.62. The van der Waals surface area contributed by atoms with Gasteiger partial charge in [-0.2, -0.15) is 5.10 Å². The van der Waals surface area contributed by atoms with E-state index >= 15 is 0 Å². The molecule has 0 atom stereocenters. The zero-order valence-electron chi connectivity index (χ0n) is 10.3. The smallest absolute Gasteiger partial charge is 0.0565 e. The molecule has 4 heteroatoms. The van der Waals surface area contributed by atoms with E-state index in [9.17, 15) is 0 Å². The molecule has 0 bridgehead atoms. The predicted octanol–water partition coefficient (Wildman–Crippen LogP) is 1.11. The Morgan fingerprint density at radius 3 is 2.75 bits per heavy atom. The molecule has 1 aromatic heterocycles. The van der Waals surface area contributed by atoms with E-state index in [1.807, 2.05) is 17.9 Å². The summed E-state index contributed by atoms with van der Waals surface area (Å²) in [7, 11) is 2.00. The summed E-state index contributed by atoms with van der Waals surface area (Å²) in [6, 6.07) is 0. The van der Waals surface area contributed by atoms with Crippen LogP contribution >= 0.6 is 0 Å². The van der Waals surface area contributed by atoms with Crippen LogP contribution in [0.25, 0.3) is 0 Å². The van der Waals surface area contributed by atoms with Crippen LogP contribution in [0.4, 0.5) is 0 Å². The Labute approximate surface area is 97.4 Å². The Kier molecular flexibility index (Phi) is 3.61. The van der Waals surface area contributed by atoms with E-state index < -0.39 is 0 Å². The van der Waals surface area contributed by atoms with E-state index in [-0.39, 0.29) is 0 Å². The van der Waals surface area contributed by atoms with Crippen molar-refractivity contribution in [2.24, 2.45) is 18.7 Å². The summed E-state index contributed by atoms with van der Waals surface area (Å²) in [6.07, 6.45) is 4.52. The van der Waals surface area contributed by atoms with Crippen molar-refractivity contribution < 1.29 is 0 Å². The van der Waals surface area contributed by atoms with Gasteiger partial charge in [0.15, 0.2) is 0 Å². The van der Waals surface area contributed by atoms with Gasteiger partial charge in [0.2, 0.25) is 0 Å². The molecule has 0 aliphatic carbocycles. The SMILES string of the molecule is CC1CCN(Cc2c(CN)cnn2C)CC1. The van der Waals surface area contributed by atoms with Crippen LogP contribution in [0.1, 0.15) is 31.0 Å². The van der Waals surface area contributed by atoms with Gasteiger partial charge in [-0.05, 0) is 31.8 Å². The molecule has 1 aliphatic heterocycles. The summed E-state index contributed by atoms with van der Waals surface area (Å²) < 4.78 is 1.96. The first-order valence-corrected chi connectivity index (χ1v) is 6.13. The van der Waals surface area contributed by atoms with Crippen LogP contribution < -0.4 is 5.73 Å². The molecule has 4 nitrogen and oxygen atoms in total. The lowest BCUT2D eigenvalue weighted by Crippen LogP contribution is -2.33. The zero-order chi connectivity index (χ0) is 11.5. The van der Waals surface area contributed by atoms with Crippen molar-refractivity contribution in [2.45, 2.75) is 32.9 Å². The molecule has 1 aromatic rings. The van der Waals surface area contributed by atoms with E-state index in [1.165, 1.54) is 37.2 Å². The lowest BCUT2D eigenvalue weighted by atomic mass is 9.99. The van der Waals surface area contributed by atoms with E-state index in [0.717, 1.165) is 12.5 Å². The van der Waals surface area contributed by atoms with Gasteiger partial charge >= 0.3 is 0 Å². The van der Waals surface area contributed by atoms with Crippen LogP contribution in [0.2, 0.25) is 0 Å². The van der Waals surface area contributed by atoms with Gasteiger partial charge in [-0.25, -0.2) is 0 Å². The van der Waals surface area contributed by atoms with Gasteiger partial charge in [-0.15, -0.1) is 0 Å². The normalized spacial score (nSPS) is 19.2. The van der Waals surface area contributed by atoms with Gasteiger partial charge in [0.25, 0.3) is 0 Å². The Morgan fingerprint density at radius 2 is 2.12 bits per heavy atom. The fourth-order valence-electron chi connectivity index (χ4n) is 2.31. The number of rotatable bonds is 3. The first-order chi connectivity index (χ1) is 7.70. The molecular weight excluding hydrogens is 200 g/mol. The number of aromatic nitrogens is 2. The highest BCUT2D eigenvalue weighted by Gasteiger charge is 2.18. The third-order valence-electron chi connectivity index (χ3n) is 3.62. The Balaban J connectivity index is 2.00. The number of nitrogens with two attached hydrogens (primary N) is 1. The molecule has 0 radical (unpaired) electrons. The highest BCUT2D eigenvalue weighted by atomic mass is 15.3. The summed E-state index contributed by atoms with van der Waals surface area (Å²) >= 11 is 0. The Hall–Kier alpha value is -0.870. The first kappa shape index (κ1) is 11.6. The molecule has 90 valence electrons. The van der Waals surface area contributed by atoms with Crippen LogP contribution in [0.3, 0.4) is 0 Å². The summed E-state index contributed by atoms with van der Waals surface area (Å²) in [6.45, 7) is 6.34. The van der Waals surface area contributed by atoms with E-state index in [2.05, 4.69) is 16.9 Å². The molecule has 0 aromatic carbocycles. The number of nitrogens with zero attached hydrogens (tertiary/aromatic N) is 3. The topological polar surface area (TPSA) is 47.1 Å². The quantitative estimate of drug-likeness (QED) is 0.833. The fraction of sp³-hybridized carbons (Fsp3) is 0.750. The number of piperidine rings is 1. The maximum absolute atomic E-state index is 5.72. The van der Waals surface area contributed by atoms with Gasteiger partial charge in [0, 0.05) is 25.7 Å².